The molecule has 1 heterocycles. The number of benzene rings is 2. The van der Waals surface area contributed by atoms with Gasteiger partial charge in [0.1, 0.15) is 5.41 Å². The van der Waals surface area contributed by atoms with Gasteiger partial charge in [-0.15, -0.1) is 0 Å². The van der Waals surface area contributed by atoms with E-state index in [1.807, 2.05) is 0 Å². The maximum atomic E-state index is 13.3. The molecule has 2 atom stereocenters. The van der Waals surface area contributed by atoms with Gasteiger partial charge in [0.25, 0.3) is 0 Å². The molecule has 2 aromatic carbocycles. The smallest absolute Gasteiger partial charge is 0.328 e. The molecule has 29 heavy (non-hydrogen) atoms. The Morgan fingerprint density at radius 1 is 0.793 bits per heavy atom. The quantitative estimate of drug-likeness (QED) is 0.633. The average Bonchev–Trinajstić information content (AvgIpc) is 2.67. The monoisotopic (exact) mass is 432 g/mol. The minimum absolute atomic E-state index is 0.139. The summed E-state index contributed by atoms with van der Waals surface area (Å²) in [7, 11) is 0. The summed E-state index contributed by atoms with van der Waals surface area (Å²) < 4.78 is 0. The average molecular weight is 433 g/mol. The first kappa shape index (κ1) is 19.9. The fourth-order valence-corrected chi connectivity index (χ4v) is 5.23. The van der Waals surface area contributed by atoms with E-state index in [-0.39, 0.29) is 12.8 Å². The predicted molar refractivity (Wildman–Crippen MR) is 108 cm³/mol. The van der Waals surface area contributed by atoms with Crippen molar-refractivity contribution >= 4 is 41.0 Å². The lowest BCUT2D eigenvalue weighted by atomic mass is 9.54. The van der Waals surface area contributed by atoms with Crippen LogP contribution in [0, 0.1) is 5.41 Å². The summed E-state index contributed by atoms with van der Waals surface area (Å²) in [6.07, 6.45) is -0.513. The number of hydrogen-bond donors (Lipinski definition) is 3. The molecule has 1 aliphatic carbocycles. The van der Waals surface area contributed by atoms with Crippen molar-refractivity contribution in [3.05, 3.63) is 69.7 Å². The minimum atomic E-state index is -1.69. The summed E-state index contributed by atoms with van der Waals surface area (Å²) >= 11 is 12.8. The van der Waals surface area contributed by atoms with Gasteiger partial charge in [-0.05, 0) is 36.1 Å². The van der Waals surface area contributed by atoms with Gasteiger partial charge in [-0.1, -0.05) is 59.6 Å². The number of amides is 4. The molecule has 2 fully saturated rings. The third-order valence-corrected chi connectivity index (χ3v) is 6.57. The van der Waals surface area contributed by atoms with Crippen LogP contribution in [-0.4, -0.2) is 29.1 Å². The Morgan fingerprint density at radius 2 is 1.21 bits per heavy atom. The van der Waals surface area contributed by atoms with E-state index in [0.717, 1.165) is 0 Å². The highest BCUT2D eigenvalue weighted by Crippen LogP contribution is 2.57. The second kappa shape index (κ2) is 7.44. The molecule has 4 rings (SSSR count). The molecule has 1 spiro atoms. The Balaban J connectivity index is 1.99. The summed E-state index contributed by atoms with van der Waals surface area (Å²) in [5, 5.41) is 15.9. The molecule has 8 heteroatoms. The van der Waals surface area contributed by atoms with Gasteiger partial charge in [-0.3, -0.25) is 20.2 Å². The molecule has 1 aliphatic heterocycles. The number of aliphatic hydroxyl groups is 1. The number of urea groups is 1. The van der Waals surface area contributed by atoms with E-state index in [4.69, 9.17) is 23.2 Å². The number of rotatable bonds is 2. The normalized spacial score (nSPS) is 26.2. The van der Waals surface area contributed by atoms with Gasteiger partial charge < -0.3 is 5.11 Å². The van der Waals surface area contributed by atoms with Crippen LogP contribution in [0.2, 0.25) is 10.0 Å². The Bertz CT molecular complexity index is 932. The number of carbonyl (C=O) groups excluding carboxylic acids is 3. The second-order valence-electron chi connectivity index (χ2n) is 7.38. The highest BCUT2D eigenvalue weighted by atomic mass is 35.5. The van der Waals surface area contributed by atoms with E-state index in [0.29, 0.717) is 21.2 Å². The number of hydrogen-bond acceptors (Lipinski definition) is 4. The Hall–Kier alpha value is -2.41. The first-order chi connectivity index (χ1) is 13.9. The zero-order chi connectivity index (χ0) is 20.8. The van der Waals surface area contributed by atoms with Gasteiger partial charge in [0.15, 0.2) is 0 Å². The number of nitrogens with one attached hydrogen (secondary N) is 2. The molecule has 2 aliphatic rings. The lowest BCUT2D eigenvalue weighted by Crippen LogP contribution is -2.68. The standard InChI is InChI=1S/C21H18Cl2N2O4/c22-16-7-3-1-5-12(16)14-9-11(26)10-15(13-6-2-4-8-17(13)23)21(14)18(27)24-20(29)25-19(21)28/h1-8,11,14-15,26H,9-10H2,(H2,24,25,27,28,29)/t14-,15-/m0/s1. The van der Waals surface area contributed by atoms with Crippen molar-refractivity contribution in [3.63, 3.8) is 0 Å². The van der Waals surface area contributed by atoms with Gasteiger partial charge in [-0.25, -0.2) is 4.79 Å². The van der Waals surface area contributed by atoms with Crippen LogP contribution in [-0.2, 0) is 9.59 Å². The predicted octanol–water partition coefficient (Wildman–Crippen LogP) is 3.37. The first-order valence-corrected chi connectivity index (χ1v) is 9.95. The third-order valence-electron chi connectivity index (χ3n) is 5.88. The van der Waals surface area contributed by atoms with Crippen LogP contribution in [0.25, 0.3) is 0 Å². The number of aliphatic hydroxyl groups excluding tert-OH is 1. The van der Waals surface area contributed by atoms with E-state index in [9.17, 15) is 19.5 Å². The molecule has 4 amide bonds. The zero-order valence-corrected chi connectivity index (χ0v) is 16.7. The van der Waals surface area contributed by atoms with Gasteiger partial charge >= 0.3 is 6.03 Å². The number of barbiturate groups is 1. The fraction of sp³-hybridized carbons (Fsp3) is 0.286. The zero-order valence-electron chi connectivity index (χ0n) is 15.2. The Labute approximate surface area is 177 Å². The highest BCUT2D eigenvalue weighted by Gasteiger charge is 2.63. The van der Waals surface area contributed by atoms with Crippen LogP contribution < -0.4 is 10.6 Å². The number of halogens is 2. The topological polar surface area (TPSA) is 95.5 Å². The fourth-order valence-electron chi connectivity index (χ4n) is 4.70. The van der Waals surface area contributed by atoms with Crippen molar-refractivity contribution in [2.45, 2.75) is 30.8 Å². The lowest BCUT2D eigenvalue weighted by molar-refractivity contribution is -0.152. The molecule has 2 aromatic rings. The summed E-state index contributed by atoms with van der Waals surface area (Å²) in [6.45, 7) is 0. The molecule has 0 radical (unpaired) electrons. The molecular formula is C21H18Cl2N2O4. The van der Waals surface area contributed by atoms with Gasteiger partial charge in [0, 0.05) is 21.9 Å². The largest absolute Gasteiger partial charge is 0.393 e. The van der Waals surface area contributed by atoms with Crippen LogP contribution in [0.1, 0.15) is 35.8 Å². The summed E-state index contributed by atoms with van der Waals surface area (Å²) in [5.41, 5.74) is -0.572. The molecule has 1 saturated heterocycles. The van der Waals surface area contributed by atoms with Crippen LogP contribution >= 0.6 is 23.2 Å². The Morgan fingerprint density at radius 3 is 1.62 bits per heavy atom. The SMILES string of the molecule is O=C1NC(=O)C2(C(=O)N1)[C@H](c1ccccc1Cl)CC(O)C[C@H]2c1ccccc1Cl. The number of carbonyl (C=O) groups is 3. The van der Waals surface area contributed by atoms with Crippen molar-refractivity contribution in [1.29, 1.82) is 0 Å². The van der Waals surface area contributed by atoms with Crippen LogP contribution in [0.5, 0.6) is 0 Å². The van der Waals surface area contributed by atoms with E-state index in [2.05, 4.69) is 10.6 Å². The van der Waals surface area contributed by atoms with E-state index >= 15 is 0 Å². The third kappa shape index (κ3) is 3.12. The summed E-state index contributed by atoms with van der Waals surface area (Å²) in [4.78, 5) is 38.5. The van der Waals surface area contributed by atoms with Crippen molar-refractivity contribution in [3.8, 4) is 0 Å². The van der Waals surface area contributed by atoms with Crippen molar-refractivity contribution in [2.24, 2.45) is 5.41 Å². The van der Waals surface area contributed by atoms with Gasteiger partial charge in [0.05, 0.1) is 6.10 Å². The van der Waals surface area contributed by atoms with Crippen LogP contribution in [0.4, 0.5) is 4.79 Å². The maximum absolute atomic E-state index is 13.3. The van der Waals surface area contributed by atoms with Crippen molar-refractivity contribution in [2.75, 3.05) is 0 Å². The first-order valence-electron chi connectivity index (χ1n) is 9.19. The lowest BCUT2D eigenvalue weighted by Gasteiger charge is -2.50. The molecule has 6 nitrogen and oxygen atoms in total. The molecule has 0 aromatic heterocycles. The summed E-state index contributed by atoms with van der Waals surface area (Å²) in [6, 6.07) is 12.9. The minimum Gasteiger partial charge on any atom is -0.393 e. The molecule has 0 unspecified atom stereocenters. The van der Waals surface area contributed by atoms with Crippen molar-refractivity contribution in [1.82, 2.24) is 10.6 Å². The summed E-state index contributed by atoms with van der Waals surface area (Å²) in [5.74, 6) is -2.94. The molecule has 0 bridgehead atoms. The maximum Gasteiger partial charge on any atom is 0.328 e. The van der Waals surface area contributed by atoms with Crippen molar-refractivity contribution < 1.29 is 19.5 Å². The van der Waals surface area contributed by atoms with Crippen LogP contribution in [0.15, 0.2) is 48.5 Å². The molecule has 1 saturated carbocycles. The van der Waals surface area contributed by atoms with Gasteiger partial charge in [-0.2, -0.15) is 0 Å². The number of imide groups is 2. The second-order valence-corrected chi connectivity index (χ2v) is 8.19. The molecular weight excluding hydrogens is 415 g/mol. The van der Waals surface area contributed by atoms with E-state index in [1.165, 1.54) is 0 Å². The van der Waals surface area contributed by atoms with Crippen LogP contribution in [0.3, 0.4) is 0 Å². The highest BCUT2D eigenvalue weighted by molar-refractivity contribution is 6.32. The molecule has 3 N–H and O–H groups in total. The molecule has 150 valence electrons. The van der Waals surface area contributed by atoms with Gasteiger partial charge in [0.2, 0.25) is 11.8 Å². The Kier molecular flexibility index (Phi) is 5.11. The van der Waals surface area contributed by atoms with E-state index in [1.54, 1.807) is 48.5 Å². The van der Waals surface area contributed by atoms with E-state index < -0.39 is 41.2 Å².